The molecule has 0 aliphatic carbocycles. The molecule has 0 saturated carbocycles. The minimum absolute atomic E-state index is 0.106. The number of anilines is 1. The Hall–Kier alpha value is -1.63. The van der Waals surface area contributed by atoms with Crippen molar-refractivity contribution in [1.29, 1.82) is 0 Å². The van der Waals surface area contributed by atoms with Gasteiger partial charge in [-0.15, -0.1) is 0 Å². The smallest absolute Gasteiger partial charge is 0.263 e. The molecule has 7 heteroatoms. The lowest BCUT2D eigenvalue weighted by atomic mass is 10.1. The number of hydrogen-bond donors (Lipinski definition) is 2. The van der Waals surface area contributed by atoms with Crippen LogP contribution in [0.25, 0.3) is 0 Å². The first-order chi connectivity index (χ1) is 9.85. The monoisotopic (exact) mass is 325 g/mol. The molecular weight excluding hydrogens is 310 g/mol. The maximum atomic E-state index is 12.5. The fourth-order valence-electron chi connectivity index (χ4n) is 1.94. The lowest BCUT2D eigenvalue weighted by Crippen LogP contribution is -2.16. The van der Waals surface area contributed by atoms with Crippen LogP contribution in [0, 0.1) is 13.8 Å². The second kappa shape index (κ2) is 6.01. The number of nitrogens with two attached hydrogens (primary N) is 1. The number of pyridine rings is 1. The Bertz CT molecular complexity index is 776. The molecule has 0 atom stereocenters. The topological polar surface area (TPSA) is 85.1 Å². The van der Waals surface area contributed by atoms with Gasteiger partial charge in [0.1, 0.15) is 0 Å². The molecule has 0 amide bonds. The van der Waals surface area contributed by atoms with E-state index in [1.54, 1.807) is 25.1 Å². The van der Waals surface area contributed by atoms with Crippen molar-refractivity contribution in [2.24, 2.45) is 5.73 Å². The molecule has 1 aromatic carbocycles. The van der Waals surface area contributed by atoms with Crippen LogP contribution in [0.3, 0.4) is 0 Å². The summed E-state index contributed by atoms with van der Waals surface area (Å²) in [7, 11) is -3.77. The number of rotatable bonds is 4. The second-order valence-electron chi connectivity index (χ2n) is 4.68. The van der Waals surface area contributed by atoms with Crippen LogP contribution in [0.4, 0.5) is 5.82 Å². The predicted octanol–water partition coefficient (Wildman–Crippen LogP) is 2.61. The summed E-state index contributed by atoms with van der Waals surface area (Å²) in [6.45, 7) is 3.87. The van der Waals surface area contributed by atoms with Crippen molar-refractivity contribution >= 4 is 27.4 Å². The van der Waals surface area contributed by atoms with Crippen molar-refractivity contribution in [1.82, 2.24) is 4.98 Å². The van der Waals surface area contributed by atoms with E-state index in [1.165, 1.54) is 6.20 Å². The van der Waals surface area contributed by atoms with Gasteiger partial charge in [-0.25, -0.2) is 13.4 Å². The first kappa shape index (κ1) is 15.8. The number of halogens is 1. The molecule has 0 radical (unpaired) electrons. The van der Waals surface area contributed by atoms with Gasteiger partial charge in [0, 0.05) is 12.7 Å². The Morgan fingerprint density at radius 1 is 1.33 bits per heavy atom. The Morgan fingerprint density at radius 2 is 2.05 bits per heavy atom. The highest BCUT2D eigenvalue weighted by Crippen LogP contribution is 2.25. The highest BCUT2D eigenvalue weighted by Gasteiger charge is 2.20. The fraction of sp³-hybridized carbons (Fsp3) is 0.214. The number of nitrogens with one attached hydrogen (secondary N) is 1. The summed E-state index contributed by atoms with van der Waals surface area (Å²) in [6, 6.07) is 6.65. The van der Waals surface area contributed by atoms with Crippen molar-refractivity contribution in [3.05, 3.63) is 52.2 Å². The number of hydrogen-bond acceptors (Lipinski definition) is 4. The number of benzene rings is 1. The molecule has 0 fully saturated rings. The number of aromatic nitrogens is 1. The van der Waals surface area contributed by atoms with E-state index in [0.29, 0.717) is 5.56 Å². The Morgan fingerprint density at radius 3 is 2.67 bits per heavy atom. The van der Waals surface area contributed by atoms with E-state index in [2.05, 4.69) is 9.71 Å². The van der Waals surface area contributed by atoms with Crippen molar-refractivity contribution in [2.45, 2.75) is 25.3 Å². The molecular formula is C14H16ClN3O2S. The van der Waals surface area contributed by atoms with Crippen LogP contribution in [-0.4, -0.2) is 13.4 Å². The Balaban J connectivity index is 2.50. The van der Waals surface area contributed by atoms with Crippen molar-refractivity contribution in [3.8, 4) is 0 Å². The first-order valence-electron chi connectivity index (χ1n) is 6.28. The summed E-state index contributed by atoms with van der Waals surface area (Å²) in [6.07, 6.45) is 1.47. The van der Waals surface area contributed by atoms with Crippen LogP contribution >= 0.6 is 11.6 Å². The van der Waals surface area contributed by atoms with Gasteiger partial charge in [-0.1, -0.05) is 17.7 Å². The van der Waals surface area contributed by atoms with Crippen molar-refractivity contribution < 1.29 is 8.42 Å². The van der Waals surface area contributed by atoms with Gasteiger partial charge in [-0.2, -0.15) is 0 Å². The molecule has 5 nitrogen and oxygen atoms in total. The summed E-state index contributed by atoms with van der Waals surface area (Å²) >= 11 is 5.94. The second-order valence-corrected chi connectivity index (χ2v) is 6.74. The van der Waals surface area contributed by atoms with E-state index in [-0.39, 0.29) is 22.3 Å². The van der Waals surface area contributed by atoms with E-state index in [0.717, 1.165) is 11.1 Å². The zero-order valence-electron chi connectivity index (χ0n) is 11.7. The Labute approximate surface area is 129 Å². The number of aryl methyl sites for hydroxylation is 1. The molecule has 2 aromatic rings. The van der Waals surface area contributed by atoms with Gasteiger partial charge in [0.2, 0.25) is 0 Å². The SMILES string of the molecule is Cc1cc(CN)cc(S(=O)(=O)Nc2ncccc2Cl)c1C. The highest BCUT2D eigenvalue weighted by molar-refractivity contribution is 7.92. The maximum Gasteiger partial charge on any atom is 0.263 e. The molecule has 0 bridgehead atoms. The molecule has 0 unspecified atom stereocenters. The van der Waals surface area contributed by atoms with Crippen LogP contribution in [-0.2, 0) is 16.6 Å². The minimum atomic E-state index is -3.77. The van der Waals surface area contributed by atoms with Crippen LogP contribution in [0.15, 0.2) is 35.4 Å². The average molecular weight is 326 g/mol. The molecule has 112 valence electrons. The van der Waals surface area contributed by atoms with Crippen molar-refractivity contribution in [3.63, 3.8) is 0 Å². The molecule has 1 aromatic heterocycles. The fourth-order valence-corrected chi connectivity index (χ4v) is 3.56. The quantitative estimate of drug-likeness (QED) is 0.904. The zero-order chi connectivity index (χ0) is 15.6. The van der Waals surface area contributed by atoms with Gasteiger partial charge >= 0.3 is 0 Å². The van der Waals surface area contributed by atoms with E-state index < -0.39 is 10.0 Å². The summed E-state index contributed by atoms with van der Waals surface area (Å²) in [5, 5.41) is 0.241. The third kappa shape index (κ3) is 3.34. The van der Waals surface area contributed by atoms with Gasteiger partial charge in [0.25, 0.3) is 10.0 Å². The van der Waals surface area contributed by atoms with Crippen LogP contribution in [0.1, 0.15) is 16.7 Å². The largest absolute Gasteiger partial charge is 0.326 e. The van der Waals surface area contributed by atoms with E-state index in [1.807, 2.05) is 13.0 Å². The number of sulfonamides is 1. The molecule has 3 N–H and O–H groups in total. The van der Waals surface area contributed by atoms with Crippen molar-refractivity contribution in [2.75, 3.05) is 4.72 Å². The van der Waals surface area contributed by atoms with Crippen LogP contribution in [0.2, 0.25) is 5.02 Å². The summed E-state index contributed by atoms with van der Waals surface area (Å²) in [4.78, 5) is 4.12. The van der Waals surface area contributed by atoms with Gasteiger partial charge < -0.3 is 5.73 Å². The van der Waals surface area contributed by atoms with Gasteiger partial charge in [-0.05, 0) is 48.7 Å². The maximum absolute atomic E-state index is 12.5. The van der Waals surface area contributed by atoms with E-state index in [9.17, 15) is 8.42 Å². The Kier molecular flexibility index (Phi) is 4.51. The third-order valence-corrected chi connectivity index (χ3v) is 4.96. The first-order valence-corrected chi connectivity index (χ1v) is 8.15. The third-order valence-electron chi connectivity index (χ3n) is 3.19. The lowest BCUT2D eigenvalue weighted by Gasteiger charge is -2.13. The van der Waals surface area contributed by atoms with Gasteiger partial charge in [0.05, 0.1) is 9.92 Å². The number of nitrogens with zero attached hydrogens (tertiary/aromatic N) is 1. The van der Waals surface area contributed by atoms with E-state index >= 15 is 0 Å². The molecule has 0 aliphatic rings. The molecule has 0 saturated heterocycles. The van der Waals surface area contributed by atoms with E-state index in [4.69, 9.17) is 17.3 Å². The lowest BCUT2D eigenvalue weighted by molar-refractivity contribution is 0.600. The summed E-state index contributed by atoms with van der Waals surface area (Å²) in [5.74, 6) is 0.106. The van der Waals surface area contributed by atoms with Gasteiger partial charge in [0.15, 0.2) is 5.82 Å². The molecule has 21 heavy (non-hydrogen) atoms. The molecule has 2 rings (SSSR count). The van der Waals surface area contributed by atoms with Crippen LogP contribution < -0.4 is 10.5 Å². The molecule has 0 aliphatic heterocycles. The highest BCUT2D eigenvalue weighted by atomic mass is 35.5. The van der Waals surface area contributed by atoms with Gasteiger partial charge in [-0.3, -0.25) is 4.72 Å². The molecule has 0 spiro atoms. The predicted molar refractivity (Wildman–Crippen MR) is 83.9 cm³/mol. The normalized spacial score (nSPS) is 11.4. The van der Waals surface area contributed by atoms with Crippen LogP contribution in [0.5, 0.6) is 0 Å². The zero-order valence-corrected chi connectivity index (χ0v) is 13.3. The summed E-state index contributed by atoms with van der Waals surface area (Å²) < 4.78 is 27.5. The summed E-state index contributed by atoms with van der Waals surface area (Å²) in [5.41, 5.74) is 7.90. The average Bonchev–Trinajstić information content (AvgIpc) is 2.43. The standard InChI is InChI=1S/C14H16ClN3O2S/c1-9-6-11(8-16)7-13(10(9)2)21(19,20)18-14-12(15)4-3-5-17-14/h3-7H,8,16H2,1-2H3,(H,17,18). The molecule has 1 heterocycles. The minimum Gasteiger partial charge on any atom is -0.326 e.